The third kappa shape index (κ3) is 3.91. The fraction of sp³-hybridized carbons (Fsp3) is 0.292. The second-order valence-corrected chi connectivity index (χ2v) is 7.80. The van der Waals surface area contributed by atoms with Crippen molar-refractivity contribution < 1.29 is 9.21 Å². The van der Waals surface area contributed by atoms with Gasteiger partial charge in [0.15, 0.2) is 11.4 Å². The summed E-state index contributed by atoms with van der Waals surface area (Å²) in [6, 6.07) is 13.5. The molecular formula is C24H25N5O2. The van der Waals surface area contributed by atoms with Crippen LogP contribution in [0.2, 0.25) is 0 Å². The van der Waals surface area contributed by atoms with Crippen LogP contribution >= 0.6 is 0 Å². The van der Waals surface area contributed by atoms with Crippen LogP contribution < -0.4 is 5.32 Å². The summed E-state index contributed by atoms with van der Waals surface area (Å²) in [6.07, 6.45) is 6.87. The van der Waals surface area contributed by atoms with Gasteiger partial charge in [-0.05, 0) is 56.5 Å². The van der Waals surface area contributed by atoms with E-state index in [9.17, 15) is 4.79 Å². The number of likely N-dealkylation sites (N-methyl/N-ethyl adjacent to an activating group) is 1. The Bertz CT molecular complexity index is 1190. The van der Waals surface area contributed by atoms with Gasteiger partial charge in [-0.3, -0.25) is 9.78 Å². The van der Waals surface area contributed by atoms with Crippen LogP contribution in [0.15, 0.2) is 64.9 Å². The maximum atomic E-state index is 13.2. The normalized spacial score (nSPS) is 16.4. The number of amides is 1. The van der Waals surface area contributed by atoms with Crippen LogP contribution in [-0.4, -0.2) is 38.3 Å². The molecule has 1 aliphatic rings. The van der Waals surface area contributed by atoms with E-state index in [1.165, 1.54) is 0 Å². The molecule has 4 aromatic rings. The molecule has 7 nitrogen and oxygen atoms in total. The molecule has 0 radical (unpaired) electrons. The summed E-state index contributed by atoms with van der Waals surface area (Å²) >= 11 is 0. The van der Waals surface area contributed by atoms with Crippen LogP contribution in [0.1, 0.15) is 42.6 Å². The maximum absolute atomic E-state index is 13.2. The molecule has 1 amide bonds. The molecule has 0 bridgehead atoms. The molecule has 0 fully saturated rings. The molecule has 1 aromatic carbocycles. The summed E-state index contributed by atoms with van der Waals surface area (Å²) in [6.45, 7) is 3.23. The van der Waals surface area contributed by atoms with E-state index in [4.69, 9.17) is 4.42 Å². The minimum Gasteiger partial charge on any atom is -0.457 e. The van der Waals surface area contributed by atoms with Crippen molar-refractivity contribution in [3.05, 3.63) is 72.0 Å². The van der Waals surface area contributed by atoms with Gasteiger partial charge in [0.05, 0.1) is 23.6 Å². The second kappa shape index (κ2) is 8.26. The molecule has 0 aliphatic heterocycles. The number of fused-ring (bicyclic) bond motifs is 2. The molecule has 31 heavy (non-hydrogen) atoms. The first-order valence-corrected chi connectivity index (χ1v) is 10.7. The number of benzene rings is 1. The van der Waals surface area contributed by atoms with Crippen LogP contribution in [0.3, 0.4) is 0 Å². The fourth-order valence-electron chi connectivity index (χ4n) is 4.22. The molecule has 0 saturated heterocycles. The number of allylic oxidation sites excluding steroid dienone is 1. The molecule has 0 saturated carbocycles. The van der Waals surface area contributed by atoms with E-state index in [1.807, 2.05) is 54.3 Å². The monoisotopic (exact) mass is 415 g/mol. The van der Waals surface area contributed by atoms with Crippen molar-refractivity contribution >= 4 is 28.0 Å². The molecule has 1 aliphatic carbocycles. The van der Waals surface area contributed by atoms with Crippen molar-refractivity contribution in [2.75, 3.05) is 6.54 Å². The average Bonchev–Trinajstić information content (AvgIpc) is 3.42. The first-order chi connectivity index (χ1) is 15.2. The van der Waals surface area contributed by atoms with Gasteiger partial charge in [-0.15, -0.1) is 0 Å². The summed E-state index contributed by atoms with van der Waals surface area (Å²) in [5, 5.41) is 3.49. The van der Waals surface area contributed by atoms with Crippen LogP contribution in [0.25, 0.3) is 22.1 Å². The van der Waals surface area contributed by atoms with Gasteiger partial charge in [-0.1, -0.05) is 12.1 Å². The standard InChI is InChI=1S/C24H25N5O2/c1-2-29(24(30)23-27-19-9-3-4-10-20(19)28-23)17-8-5-7-16(13-17)26-15-18-14-21-22(31-18)11-6-12-25-21/h3-4,6,9-14,17,26H,2,5,7-8,15H2,1H3,(H,27,28)/t17-/m0/s1. The van der Waals surface area contributed by atoms with Crippen molar-refractivity contribution in [1.82, 2.24) is 25.2 Å². The molecule has 1 atom stereocenters. The summed E-state index contributed by atoms with van der Waals surface area (Å²) in [5.41, 5.74) is 4.49. The van der Waals surface area contributed by atoms with Gasteiger partial charge in [0.25, 0.3) is 5.91 Å². The number of rotatable bonds is 6. The molecule has 3 aromatic heterocycles. The number of imidazole rings is 1. The molecule has 3 heterocycles. The number of para-hydroxylation sites is 2. The third-order valence-electron chi connectivity index (χ3n) is 5.76. The van der Waals surface area contributed by atoms with Gasteiger partial charge in [0.2, 0.25) is 0 Å². The number of carbonyl (C=O) groups is 1. The van der Waals surface area contributed by atoms with E-state index in [0.717, 1.165) is 52.9 Å². The molecular weight excluding hydrogens is 390 g/mol. The molecule has 0 unspecified atom stereocenters. The smallest absolute Gasteiger partial charge is 0.290 e. The number of carbonyl (C=O) groups excluding carboxylic acids is 1. The number of nitrogens with zero attached hydrogens (tertiary/aromatic N) is 3. The van der Waals surface area contributed by atoms with Crippen LogP contribution in [-0.2, 0) is 6.54 Å². The number of hydrogen-bond acceptors (Lipinski definition) is 5. The predicted molar refractivity (Wildman–Crippen MR) is 119 cm³/mol. The lowest BCUT2D eigenvalue weighted by atomic mass is 9.98. The van der Waals surface area contributed by atoms with E-state index >= 15 is 0 Å². The molecule has 2 N–H and O–H groups in total. The highest BCUT2D eigenvalue weighted by atomic mass is 16.3. The lowest BCUT2D eigenvalue weighted by Gasteiger charge is -2.31. The number of furan rings is 1. The molecule has 5 rings (SSSR count). The van der Waals surface area contributed by atoms with Gasteiger partial charge in [-0.2, -0.15) is 0 Å². The Morgan fingerprint density at radius 2 is 2.16 bits per heavy atom. The molecule has 158 valence electrons. The van der Waals surface area contributed by atoms with Crippen molar-refractivity contribution in [2.45, 2.75) is 38.8 Å². The van der Waals surface area contributed by atoms with E-state index in [2.05, 4.69) is 26.3 Å². The Morgan fingerprint density at radius 1 is 1.26 bits per heavy atom. The van der Waals surface area contributed by atoms with Gasteiger partial charge in [0, 0.05) is 24.5 Å². The van der Waals surface area contributed by atoms with Crippen LogP contribution in [0, 0.1) is 0 Å². The molecule has 7 heteroatoms. The topological polar surface area (TPSA) is 87.0 Å². The van der Waals surface area contributed by atoms with Crippen molar-refractivity contribution in [3.63, 3.8) is 0 Å². The minimum absolute atomic E-state index is 0.0410. The summed E-state index contributed by atoms with van der Waals surface area (Å²) in [5.74, 6) is 1.18. The third-order valence-corrected chi connectivity index (χ3v) is 5.76. The minimum atomic E-state index is -0.0652. The first-order valence-electron chi connectivity index (χ1n) is 10.7. The number of aromatic nitrogens is 3. The summed E-state index contributed by atoms with van der Waals surface area (Å²) in [7, 11) is 0. The highest BCUT2D eigenvalue weighted by Crippen LogP contribution is 2.23. The number of H-pyrrole nitrogens is 1. The zero-order valence-corrected chi connectivity index (χ0v) is 17.5. The van der Waals surface area contributed by atoms with Crippen molar-refractivity contribution in [2.24, 2.45) is 0 Å². The number of pyridine rings is 1. The Balaban J connectivity index is 1.30. The number of hydrogen-bond donors (Lipinski definition) is 2. The van der Waals surface area contributed by atoms with E-state index < -0.39 is 0 Å². The van der Waals surface area contributed by atoms with E-state index in [1.54, 1.807) is 6.20 Å². The number of aromatic amines is 1. The fourth-order valence-corrected chi connectivity index (χ4v) is 4.22. The second-order valence-electron chi connectivity index (χ2n) is 7.80. The van der Waals surface area contributed by atoms with Gasteiger partial charge >= 0.3 is 0 Å². The van der Waals surface area contributed by atoms with Crippen molar-refractivity contribution in [1.29, 1.82) is 0 Å². The SMILES string of the molecule is CCN(C(=O)c1nc2ccccc2[nH]1)[C@@H]1C=C(NCc2cc3ncccc3o2)CCC1. The summed E-state index contributed by atoms with van der Waals surface area (Å²) in [4.78, 5) is 27.1. The van der Waals surface area contributed by atoms with Gasteiger partial charge in [-0.25, -0.2) is 4.98 Å². The van der Waals surface area contributed by atoms with E-state index in [0.29, 0.717) is 18.9 Å². The number of nitrogens with one attached hydrogen (secondary N) is 2. The maximum Gasteiger partial charge on any atom is 0.290 e. The zero-order valence-electron chi connectivity index (χ0n) is 17.5. The Hall–Kier alpha value is -3.61. The Kier molecular flexibility index (Phi) is 5.16. The van der Waals surface area contributed by atoms with Crippen LogP contribution in [0.5, 0.6) is 0 Å². The van der Waals surface area contributed by atoms with Gasteiger partial charge < -0.3 is 19.6 Å². The highest BCUT2D eigenvalue weighted by molar-refractivity contribution is 5.94. The van der Waals surface area contributed by atoms with Crippen LogP contribution in [0.4, 0.5) is 0 Å². The molecule has 0 spiro atoms. The zero-order chi connectivity index (χ0) is 21.2. The lowest BCUT2D eigenvalue weighted by molar-refractivity contribution is 0.0700. The quantitative estimate of drug-likeness (QED) is 0.488. The first kappa shape index (κ1) is 19.4. The van der Waals surface area contributed by atoms with Gasteiger partial charge in [0.1, 0.15) is 11.3 Å². The Morgan fingerprint density at radius 3 is 3.00 bits per heavy atom. The largest absolute Gasteiger partial charge is 0.457 e. The predicted octanol–water partition coefficient (Wildman–Crippen LogP) is 4.39. The van der Waals surface area contributed by atoms with Crippen molar-refractivity contribution in [3.8, 4) is 0 Å². The lowest BCUT2D eigenvalue weighted by Crippen LogP contribution is -2.41. The highest BCUT2D eigenvalue weighted by Gasteiger charge is 2.26. The summed E-state index contributed by atoms with van der Waals surface area (Å²) < 4.78 is 5.85. The van der Waals surface area contributed by atoms with E-state index in [-0.39, 0.29) is 11.9 Å². The Labute approximate surface area is 180 Å². The average molecular weight is 415 g/mol.